The molecule has 0 unspecified atom stereocenters. The van der Waals surface area contributed by atoms with E-state index >= 15 is 0 Å². The first kappa shape index (κ1) is 16.7. The summed E-state index contributed by atoms with van der Waals surface area (Å²) < 4.78 is 0. The second-order valence-electron chi connectivity index (χ2n) is 8.44. The molecular weight excluding hydrogens is 330 g/mol. The summed E-state index contributed by atoms with van der Waals surface area (Å²) in [6.45, 7) is 0. The number of carbonyl (C=O) groups is 1. The predicted octanol–water partition coefficient (Wildman–Crippen LogP) is 5.71. The zero-order valence-corrected chi connectivity index (χ0v) is 15.6. The van der Waals surface area contributed by atoms with Gasteiger partial charge in [0, 0.05) is 23.9 Å². The summed E-state index contributed by atoms with van der Waals surface area (Å²) >= 11 is 0. The molecule has 0 bridgehead atoms. The van der Waals surface area contributed by atoms with Crippen molar-refractivity contribution in [3.8, 4) is 0 Å². The van der Waals surface area contributed by atoms with Gasteiger partial charge >= 0.3 is 0 Å². The maximum atomic E-state index is 12.8. The third-order valence-electron chi connectivity index (χ3n) is 6.90. The van der Waals surface area contributed by atoms with Gasteiger partial charge in [-0.1, -0.05) is 48.5 Å². The predicted molar refractivity (Wildman–Crippen MR) is 109 cm³/mol. The van der Waals surface area contributed by atoms with E-state index < -0.39 is 0 Å². The van der Waals surface area contributed by atoms with Gasteiger partial charge in [-0.15, -0.1) is 0 Å². The Hall–Kier alpha value is -2.48. The van der Waals surface area contributed by atoms with Crippen LogP contribution in [0.3, 0.4) is 0 Å². The highest BCUT2D eigenvalue weighted by Crippen LogP contribution is 2.63. The molecule has 0 aliphatic heterocycles. The lowest BCUT2D eigenvalue weighted by Gasteiger charge is -2.30. The normalized spacial score (nSPS) is 27.0. The van der Waals surface area contributed by atoms with Crippen LogP contribution in [0.5, 0.6) is 0 Å². The van der Waals surface area contributed by atoms with Crippen LogP contribution in [0, 0.1) is 11.3 Å². The van der Waals surface area contributed by atoms with Gasteiger partial charge in [-0.2, -0.15) is 0 Å². The third kappa shape index (κ3) is 3.07. The van der Waals surface area contributed by atoms with Gasteiger partial charge in [0.05, 0.1) is 5.52 Å². The number of hydrogen-bond donors (Lipinski definition) is 0. The molecule has 1 spiro atoms. The monoisotopic (exact) mass is 355 g/mol. The summed E-state index contributed by atoms with van der Waals surface area (Å²) in [6, 6.07) is 20.9. The number of ketones is 1. The van der Waals surface area contributed by atoms with Crippen LogP contribution in [0.25, 0.3) is 10.9 Å². The third-order valence-corrected chi connectivity index (χ3v) is 6.90. The first-order chi connectivity index (χ1) is 13.3. The first-order valence-corrected chi connectivity index (χ1v) is 10.2. The molecule has 2 aromatic carbocycles. The van der Waals surface area contributed by atoms with Crippen molar-refractivity contribution in [3.63, 3.8) is 0 Å². The van der Waals surface area contributed by atoms with Gasteiger partial charge in [0.1, 0.15) is 5.78 Å². The van der Waals surface area contributed by atoms with Crippen LogP contribution in [0.2, 0.25) is 0 Å². The van der Waals surface area contributed by atoms with Gasteiger partial charge in [0.2, 0.25) is 0 Å². The Morgan fingerprint density at radius 3 is 2.52 bits per heavy atom. The molecule has 136 valence electrons. The smallest absolute Gasteiger partial charge is 0.140 e. The van der Waals surface area contributed by atoms with Gasteiger partial charge in [-0.25, -0.2) is 0 Å². The maximum absolute atomic E-state index is 12.8. The fourth-order valence-electron chi connectivity index (χ4n) is 5.25. The Morgan fingerprint density at radius 2 is 1.70 bits per heavy atom. The summed E-state index contributed by atoms with van der Waals surface area (Å²) in [6.07, 6.45) is 8.45. The number of nitrogens with zero attached hydrogens (tertiary/aromatic N) is 1. The number of Topliss-reactive ketones (excluding diaryl/α,β-unsaturated/α-hetero) is 1. The molecule has 1 aromatic heterocycles. The van der Waals surface area contributed by atoms with Crippen molar-refractivity contribution in [3.05, 3.63) is 78.0 Å². The molecular formula is C25H25NO. The van der Waals surface area contributed by atoms with Crippen LogP contribution in [-0.4, -0.2) is 10.8 Å². The van der Waals surface area contributed by atoms with Crippen LogP contribution in [0.4, 0.5) is 0 Å². The summed E-state index contributed by atoms with van der Waals surface area (Å²) in [5.41, 5.74) is 4.01. The molecule has 2 aliphatic carbocycles. The van der Waals surface area contributed by atoms with E-state index in [0.717, 1.165) is 17.5 Å². The number of rotatable bonds is 4. The molecule has 5 rings (SSSR count). The average Bonchev–Trinajstić information content (AvgIpc) is 3.42. The van der Waals surface area contributed by atoms with Crippen molar-refractivity contribution < 1.29 is 4.79 Å². The van der Waals surface area contributed by atoms with Crippen molar-refractivity contribution in [1.29, 1.82) is 0 Å². The van der Waals surface area contributed by atoms with Gasteiger partial charge in [-0.05, 0) is 66.7 Å². The Kier molecular flexibility index (Phi) is 4.07. The first-order valence-electron chi connectivity index (χ1n) is 10.2. The molecule has 3 aromatic rings. The highest BCUT2D eigenvalue weighted by molar-refractivity contribution is 5.87. The van der Waals surface area contributed by atoms with E-state index in [9.17, 15) is 4.79 Å². The lowest BCUT2D eigenvalue weighted by atomic mass is 9.74. The number of fused-ring (bicyclic) bond motifs is 1. The lowest BCUT2D eigenvalue weighted by molar-refractivity contribution is -0.120. The second kappa shape index (κ2) is 6.60. The highest BCUT2D eigenvalue weighted by atomic mass is 16.1. The Morgan fingerprint density at radius 1 is 0.963 bits per heavy atom. The minimum absolute atomic E-state index is 0.299. The zero-order chi connectivity index (χ0) is 18.3. The van der Waals surface area contributed by atoms with Crippen molar-refractivity contribution in [1.82, 2.24) is 4.98 Å². The number of hydrogen-bond acceptors (Lipinski definition) is 2. The minimum Gasteiger partial charge on any atom is -0.299 e. The molecule has 0 N–H and O–H groups in total. The van der Waals surface area contributed by atoms with E-state index in [2.05, 4.69) is 47.4 Å². The molecule has 2 aliphatic rings. The van der Waals surface area contributed by atoms with Gasteiger partial charge < -0.3 is 0 Å². The van der Waals surface area contributed by atoms with Crippen molar-refractivity contribution >= 4 is 16.7 Å². The summed E-state index contributed by atoms with van der Waals surface area (Å²) in [5, 5.41) is 1.30. The molecule has 0 saturated heterocycles. The molecule has 0 amide bonds. The van der Waals surface area contributed by atoms with Gasteiger partial charge in [0.25, 0.3) is 0 Å². The number of pyridine rings is 1. The minimum atomic E-state index is 0.299. The van der Waals surface area contributed by atoms with Gasteiger partial charge in [-0.3, -0.25) is 9.78 Å². The average molecular weight is 355 g/mol. The molecule has 2 fully saturated rings. The van der Waals surface area contributed by atoms with E-state index in [1.165, 1.54) is 36.6 Å². The molecule has 27 heavy (non-hydrogen) atoms. The highest BCUT2D eigenvalue weighted by Gasteiger charge is 2.57. The van der Waals surface area contributed by atoms with Crippen LogP contribution in [0.1, 0.15) is 49.1 Å². The van der Waals surface area contributed by atoms with E-state index in [1.807, 2.05) is 24.4 Å². The molecule has 2 nitrogen and oxygen atoms in total. The standard InChI is InChI=1S/C25H25NO/c27-24(16-18-6-2-1-3-7-18)22-17-25(22)13-10-19(11-14-25)20-12-15-26-23-9-5-4-8-21(20)23/h1-9,12,15,19,22H,10-11,13-14,16-17H2/t19?,22-,25?/m0/s1. The molecule has 1 atom stereocenters. The van der Waals surface area contributed by atoms with E-state index in [0.29, 0.717) is 29.5 Å². The van der Waals surface area contributed by atoms with E-state index in [4.69, 9.17) is 0 Å². The van der Waals surface area contributed by atoms with Crippen LogP contribution in [-0.2, 0) is 11.2 Å². The Bertz CT molecular complexity index is 965. The van der Waals surface area contributed by atoms with Gasteiger partial charge in [0.15, 0.2) is 0 Å². The van der Waals surface area contributed by atoms with Crippen molar-refractivity contribution in [2.45, 2.75) is 44.4 Å². The quantitative estimate of drug-likeness (QED) is 0.600. The Labute approximate surface area is 160 Å². The molecule has 2 saturated carbocycles. The fourth-order valence-corrected chi connectivity index (χ4v) is 5.25. The van der Waals surface area contributed by atoms with E-state index in [-0.39, 0.29) is 0 Å². The summed E-state index contributed by atoms with van der Waals surface area (Å²) in [7, 11) is 0. The van der Waals surface area contributed by atoms with Crippen LogP contribution >= 0.6 is 0 Å². The maximum Gasteiger partial charge on any atom is 0.140 e. The summed E-state index contributed by atoms with van der Waals surface area (Å²) in [5.74, 6) is 1.36. The number of benzene rings is 2. The second-order valence-corrected chi connectivity index (χ2v) is 8.44. The number of para-hydroxylation sites is 1. The van der Waals surface area contributed by atoms with E-state index in [1.54, 1.807) is 0 Å². The largest absolute Gasteiger partial charge is 0.299 e. The number of carbonyl (C=O) groups excluding carboxylic acids is 1. The Balaban J connectivity index is 1.26. The molecule has 2 heteroatoms. The van der Waals surface area contributed by atoms with Crippen molar-refractivity contribution in [2.24, 2.45) is 11.3 Å². The SMILES string of the molecule is O=C(Cc1ccccc1)[C@@H]1CC12CCC(c1ccnc3ccccc13)CC2. The number of aromatic nitrogens is 1. The fraction of sp³-hybridized carbons (Fsp3) is 0.360. The van der Waals surface area contributed by atoms with Crippen LogP contribution in [0.15, 0.2) is 66.9 Å². The van der Waals surface area contributed by atoms with Crippen molar-refractivity contribution in [2.75, 3.05) is 0 Å². The summed E-state index contributed by atoms with van der Waals surface area (Å²) in [4.78, 5) is 17.3. The molecule has 0 radical (unpaired) electrons. The zero-order valence-electron chi connectivity index (χ0n) is 15.6. The molecule has 1 heterocycles. The lowest BCUT2D eigenvalue weighted by Crippen LogP contribution is -2.19. The van der Waals surface area contributed by atoms with Crippen LogP contribution < -0.4 is 0 Å². The topological polar surface area (TPSA) is 30.0 Å².